The van der Waals surface area contributed by atoms with Crippen LogP contribution in [0.4, 0.5) is 5.69 Å². The Morgan fingerprint density at radius 2 is 1.69 bits per heavy atom. The van der Waals surface area contributed by atoms with Gasteiger partial charge in [0.05, 0.1) is 17.1 Å². The van der Waals surface area contributed by atoms with Gasteiger partial charge in [-0.25, -0.2) is 13.2 Å². The Labute approximate surface area is 249 Å². The predicted octanol–water partition coefficient (Wildman–Crippen LogP) is 6.36. The maximum Gasteiger partial charge on any atom is 0.343 e. The van der Waals surface area contributed by atoms with Crippen LogP contribution in [0.2, 0.25) is 0 Å². The minimum absolute atomic E-state index is 0.0590. The van der Waals surface area contributed by atoms with Gasteiger partial charge in [0, 0.05) is 29.7 Å². The molecule has 8 nitrogen and oxygen atoms in total. The Hall–Kier alpha value is -3.30. The van der Waals surface area contributed by atoms with Crippen molar-refractivity contribution in [3.8, 4) is 11.5 Å². The van der Waals surface area contributed by atoms with Gasteiger partial charge in [0.2, 0.25) is 0 Å². The SMILES string of the molecule is CCNCC.CCOc1cccc(S(=O)(=O)Nc2cccc(C(c3c(O)c4c(oc3=O)CCCCCC4)C3CC3)c2)c1. The lowest BCUT2D eigenvalue weighted by molar-refractivity contribution is 0.339. The predicted molar refractivity (Wildman–Crippen MR) is 166 cm³/mol. The van der Waals surface area contributed by atoms with E-state index >= 15 is 0 Å². The van der Waals surface area contributed by atoms with E-state index < -0.39 is 15.6 Å². The molecule has 9 heteroatoms. The van der Waals surface area contributed by atoms with Gasteiger partial charge in [0.1, 0.15) is 17.3 Å². The van der Waals surface area contributed by atoms with Crippen molar-refractivity contribution in [2.45, 2.75) is 83.0 Å². The molecule has 1 aromatic heterocycles. The molecule has 3 N–H and O–H groups in total. The lowest BCUT2D eigenvalue weighted by atomic mass is 9.85. The number of aryl methyl sites for hydroxylation is 1. The quantitative estimate of drug-likeness (QED) is 0.249. The molecular formula is C33H44N2O6S. The fourth-order valence-electron chi connectivity index (χ4n) is 5.56. The second kappa shape index (κ2) is 14.7. The standard InChI is InChI=1S/C29H33NO6S.C4H11N/c1-2-35-22-11-8-12-23(18-22)37(33,34)30-21-10-7-9-20(17-21)26(19-15-16-19)27-28(31)24-13-5-3-4-6-14-25(24)36-29(27)32;1-3-5-4-2/h7-12,17-19,26,30-31H,2-6,13-16H2,1H3;5H,3-4H2,1-2H3. The van der Waals surface area contributed by atoms with E-state index in [1.807, 2.05) is 13.0 Å². The first-order valence-electron chi connectivity index (χ1n) is 15.2. The van der Waals surface area contributed by atoms with Crippen LogP contribution in [-0.2, 0) is 22.9 Å². The van der Waals surface area contributed by atoms with Crippen LogP contribution < -0.4 is 20.4 Å². The number of nitrogens with one attached hydrogen (secondary N) is 2. The summed E-state index contributed by atoms with van der Waals surface area (Å²) in [6, 6.07) is 13.4. The highest BCUT2D eigenvalue weighted by atomic mass is 32.2. The van der Waals surface area contributed by atoms with Crippen molar-refractivity contribution >= 4 is 15.7 Å². The second-order valence-corrected chi connectivity index (χ2v) is 12.6. The lowest BCUT2D eigenvalue weighted by Crippen LogP contribution is -2.19. The summed E-state index contributed by atoms with van der Waals surface area (Å²) >= 11 is 0. The third-order valence-corrected chi connectivity index (χ3v) is 9.10. The van der Waals surface area contributed by atoms with Crippen LogP contribution in [0, 0.1) is 5.92 Å². The van der Waals surface area contributed by atoms with Gasteiger partial charge in [0.15, 0.2) is 0 Å². The summed E-state index contributed by atoms with van der Waals surface area (Å²) in [5, 5.41) is 14.4. The van der Waals surface area contributed by atoms with Crippen LogP contribution in [0.25, 0.3) is 0 Å². The van der Waals surface area contributed by atoms with Crippen molar-refractivity contribution in [2.75, 3.05) is 24.4 Å². The summed E-state index contributed by atoms with van der Waals surface area (Å²) in [7, 11) is -3.86. The van der Waals surface area contributed by atoms with E-state index in [-0.39, 0.29) is 22.5 Å². The Morgan fingerprint density at radius 3 is 2.36 bits per heavy atom. The number of fused-ring (bicyclic) bond motifs is 1. The van der Waals surface area contributed by atoms with E-state index in [2.05, 4.69) is 23.9 Å². The molecule has 1 atom stereocenters. The van der Waals surface area contributed by atoms with E-state index in [1.54, 1.807) is 30.3 Å². The number of aromatic hydroxyl groups is 1. The van der Waals surface area contributed by atoms with E-state index in [1.165, 1.54) is 12.1 Å². The van der Waals surface area contributed by atoms with Gasteiger partial charge < -0.3 is 19.6 Å². The highest BCUT2D eigenvalue weighted by Crippen LogP contribution is 2.49. The fraction of sp³-hybridized carbons (Fsp3) is 0.485. The van der Waals surface area contributed by atoms with Gasteiger partial charge in [-0.15, -0.1) is 0 Å². The van der Waals surface area contributed by atoms with Gasteiger partial charge in [-0.3, -0.25) is 4.72 Å². The minimum atomic E-state index is -3.86. The third-order valence-electron chi connectivity index (χ3n) is 7.72. The van der Waals surface area contributed by atoms with Crippen LogP contribution in [0.3, 0.4) is 0 Å². The number of ether oxygens (including phenoxy) is 1. The molecule has 228 valence electrons. The van der Waals surface area contributed by atoms with Crippen LogP contribution in [-0.4, -0.2) is 33.2 Å². The average molecular weight is 597 g/mol. The van der Waals surface area contributed by atoms with E-state index in [0.29, 0.717) is 42.2 Å². The monoisotopic (exact) mass is 596 g/mol. The Balaban J connectivity index is 0.000000748. The van der Waals surface area contributed by atoms with Gasteiger partial charge in [-0.05, 0) is 87.9 Å². The summed E-state index contributed by atoms with van der Waals surface area (Å²) in [6.07, 6.45) is 7.29. The molecule has 0 radical (unpaired) electrons. The largest absolute Gasteiger partial charge is 0.507 e. The highest BCUT2D eigenvalue weighted by Gasteiger charge is 2.38. The van der Waals surface area contributed by atoms with Crippen molar-refractivity contribution in [1.82, 2.24) is 5.32 Å². The molecule has 2 aliphatic carbocycles. The molecule has 3 aromatic rings. The molecule has 2 aliphatic rings. The van der Waals surface area contributed by atoms with E-state index in [4.69, 9.17) is 9.15 Å². The maximum atomic E-state index is 13.2. The van der Waals surface area contributed by atoms with Gasteiger partial charge >= 0.3 is 5.63 Å². The van der Waals surface area contributed by atoms with Gasteiger partial charge in [0.25, 0.3) is 10.0 Å². The molecule has 42 heavy (non-hydrogen) atoms. The maximum absolute atomic E-state index is 13.2. The van der Waals surface area contributed by atoms with Crippen molar-refractivity contribution in [3.63, 3.8) is 0 Å². The normalized spacial score (nSPS) is 15.8. The third kappa shape index (κ3) is 7.95. The van der Waals surface area contributed by atoms with Crippen molar-refractivity contribution in [3.05, 3.63) is 81.4 Å². The zero-order valence-corrected chi connectivity index (χ0v) is 25.8. The summed E-state index contributed by atoms with van der Waals surface area (Å²) in [5.41, 5.74) is 1.73. The van der Waals surface area contributed by atoms with Crippen molar-refractivity contribution < 1.29 is 22.7 Å². The Morgan fingerprint density at radius 1 is 0.976 bits per heavy atom. The molecule has 0 bridgehead atoms. The summed E-state index contributed by atoms with van der Waals surface area (Å²) < 4.78 is 40.1. The molecule has 1 heterocycles. The molecule has 1 unspecified atom stereocenters. The smallest absolute Gasteiger partial charge is 0.343 e. The van der Waals surface area contributed by atoms with Crippen LogP contribution >= 0.6 is 0 Å². The Kier molecular flexibility index (Phi) is 11.1. The molecule has 5 rings (SSSR count). The number of anilines is 1. The minimum Gasteiger partial charge on any atom is -0.507 e. The van der Waals surface area contributed by atoms with E-state index in [9.17, 15) is 18.3 Å². The number of sulfonamides is 1. The Bertz CT molecular complexity index is 1490. The first-order valence-corrected chi connectivity index (χ1v) is 16.7. The molecule has 1 fully saturated rings. The topological polar surface area (TPSA) is 118 Å². The first kappa shape index (κ1) is 31.6. The van der Waals surface area contributed by atoms with Crippen molar-refractivity contribution in [2.24, 2.45) is 5.92 Å². The van der Waals surface area contributed by atoms with Crippen LogP contribution in [0.1, 0.15) is 87.7 Å². The molecular weight excluding hydrogens is 552 g/mol. The average Bonchev–Trinajstić information content (AvgIpc) is 3.78. The van der Waals surface area contributed by atoms with Gasteiger partial charge in [-0.2, -0.15) is 0 Å². The molecule has 1 saturated carbocycles. The summed E-state index contributed by atoms with van der Waals surface area (Å²) in [4.78, 5) is 13.3. The molecule has 2 aromatic carbocycles. The molecule has 0 spiro atoms. The fourth-order valence-corrected chi connectivity index (χ4v) is 6.64. The zero-order valence-electron chi connectivity index (χ0n) is 24.9. The van der Waals surface area contributed by atoms with Gasteiger partial charge in [-0.1, -0.05) is 44.9 Å². The second-order valence-electron chi connectivity index (χ2n) is 10.9. The number of rotatable bonds is 10. The van der Waals surface area contributed by atoms with Crippen LogP contribution in [0.5, 0.6) is 11.5 Å². The number of benzene rings is 2. The molecule has 0 amide bonds. The lowest BCUT2D eigenvalue weighted by Gasteiger charge is -2.22. The number of hydrogen-bond donors (Lipinski definition) is 3. The van der Waals surface area contributed by atoms with Crippen molar-refractivity contribution in [1.29, 1.82) is 0 Å². The highest BCUT2D eigenvalue weighted by molar-refractivity contribution is 7.92. The van der Waals surface area contributed by atoms with Crippen LogP contribution in [0.15, 0.2) is 62.6 Å². The number of hydrogen-bond acceptors (Lipinski definition) is 7. The molecule has 0 aliphatic heterocycles. The molecule has 0 saturated heterocycles. The van der Waals surface area contributed by atoms with E-state index in [0.717, 1.165) is 62.7 Å². The summed E-state index contributed by atoms with van der Waals surface area (Å²) in [5.74, 6) is 0.974. The first-order chi connectivity index (χ1) is 20.3. The summed E-state index contributed by atoms with van der Waals surface area (Å²) in [6.45, 7) is 8.66. The zero-order chi connectivity index (χ0) is 30.1.